The van der Waals surface area contributed by atoms with E-state index in [1.54, 1.807) is 6.92 Å². The molecule has 3 heterocycles. The normalized spacial score (nSPS) is 16.1. The lowest BCUT2D eigenvalue weighted by Crippen LogP contribution is -2.42. The number of carbonyl (C=O) groups excluding carboxylic acids is 1. The lowest BCUT2D eigenvalue weighted by Gasteiger charge is -2.30. The highest BCUT2D eigenvalue weighted by Gasteiger charge is 2.26. The van der Waals surface area contributed by atoms with Crippen LogP contribution in [0.15, 0.2) is 46.2 Å². The average molecular weight is 633 g/mol. The number of nitrogens with zero attached hydrogens (tertiary/aromatic N) is 4. The second kappa shape index (κ2) is 12.0. The number of carbonyl (C=O) groups is 1. The van der Waals surface area contributed by atoms with Gasteiger partial charge in [0, 0.05) is 59.5 Å². The number of hydrogen-bond donors (Lipinski definition) is 2. The van der Waals surface area contributed by atoms with Gasteiger partial charge in [-0.2, -0.15) is 4.98 Å². The maximum Gasteiger partial charge on any atom is 0.269 e. The minimum Gasteiger partial charge on any atom is -0.351 e. The topological polar surface area (TPSA) is 160 Å². The summed E-state index contributed by atoms with van der Waals surface area (Å²) in [6.07, 6.45) is 0.387. The van der Waals surface area contributed by atoms with E-state index in [1.165, 1.54) is 34.8 Å². The number of aromatic nitrogens is 3. The molecular weight excluding hydrogens is 606 g/mol. The SMILES string of the molecule is C[C@H](Cn1c(=O)c(C(F)F)cc2cnc(NC3CCN(S(C)(=O)=O)CC3)nc21)NC(=O)c1ccc(S(=O)(=O)Cl)cc1. The summed E-state index contributed by atoms with van der Waals surface area (Å²) in [6, 6.07) is 5.02. The third-order valence-corrected chi connectivity index (χ3v) is 9.25. The van der Waals surface area contributed by atoms with Crippen LogP contribution in [0.5, 0.6) is 0 Å². The van der Waals surface area contributed by atoms with Crippen LogP contribution in [0.1, 0.15) is 42.1 Å². The fourth-order valence-electron chi connectivity index (χ4n) is 4.49. The van der Waals surface area contributed by atoms with Gasteiger partial charge in [-0.05, 0) is 50.1 Å². The van der Waals surface area contributed by atoms with Gasteiger partial charge in [-0.1, -0.05) is 0 Å². The van der Waals surface area contributed by atoms with Crippen LogP contribution in [0, 0.1) is 0 Å². The molecule has 0 unspecified atom stereocenters. The Labute approximate surface area is 239 Å². The van der Waals surface area contributed by atoms with E-state index in [-0.39, 0.29) is 40.0 Å². The molecule has 12 nitrogen and oxygen atoms in total. The molecule has 1 fully saturated rings. The first-order valence-electron chi connectivity index (χ1n) is 12.4. The van der Waals surface area contributed by atoms with E-state index in [0.29, 0.717) is 25.9 Å². The van der Waals surface area contributed by atoms with Crippen molar-refractivity contribution in [2.45, 2.75) is 49.7 Å². The number of nitrogens with one attached hydrogen (secondary N) is 2. The van der Waals surface area contributed by atoms with Gasteiger partial charge in [0.05, 0.1) is 16.7 Å². The van der Waals surface area contributed by atoms with Crippen LogP contribution in [0.4, 0.5) is 14.7 Å². The molecule has 3 aromatic rings. The lowest BCUT2D eigenvalue weighted by atomic mass is 10.1. The smallest absolute Gasteiger partial charge is 0.269 e. The summed E-state index contributed by atoms with van der Waals surface area (Å²) in [5.41, 5.74) is -1.53. The molecule has 1 aromatic carbocycles. The predicted molar refractivity (Wildman–Crippen MR) is 148 cm³/mol. The van der Waals surface area contributed by atoms with Crippen LogP contribution < -0.4 is 16.2 Å². The molecule has 1 aliphatic heterocycles. The average Bonchev–Trinajstić information content (AvgIpc) is 2.89. The molecule has 0 radical (unpaired) electrons. The summed E-state index contributed by atoms with van der Waals surface area (Å²) in [7, 11) is -1.98. The predicted octanol–water partition coefficient (Wildman–Crippen LogP) is 2.31. The van der Waals surface area contributed by atoms with Crippen molar-refractivity contribution in [1.29, 1.82) is 0 Å². The zero-order valence-corrected chi connectivity index (χ0v) is 24.3. The van der Waals surface area contributed by atoms with Crippen LogP contribution in [0.3, 0.4) is 0 Å². The second-order valence-corrected chi connectivity index (χ2v) is 14.3. The fraction of sp³-hybridized carbons (Fsp3) is 0.417. The number of halogens is 3. The molecule has 17 heteroatoms. The van der Waals surface area contributed by atoms with E-state index >= 15 is 0 Å². The molecule has 0 saturated carbocycles. The number of sulfonamides is 1. The highest BCUT2D eigenvalue weighted by molar-refractivity contribution is 8.13. The van der Waals surface area contributed by atoms with Gasteiger partial charge in [-0.15, -0.1) is 0 Å². The standard InChI is InChI=1S/C24H27ClF2N6O6S2/c1-14(29-22(34)15-3-5-18(6-4-15)41(25,38)39)13-33-21-16(11-19(20(26)27)23(33)35)12-28-24(31-21)30-17-7-9-32(10-8-17)40(2,36)37/h3-6,11-12,14,17,20H,7-10,13H2,1-2H3,(H,29,34)(H,28,30,31)/t14-/m1/s1. The van der Waals surface area contributed by atoms with E-state index < -0.39 is 48.6 Å². The van der Waals surface area contributed by atoms with Crippen molar-refractivity contribution in [2.75, 3.05) is 24.7 Å². The number of fused-ring (bicyclic) bond motifs is 1. The quantitative estimate of drug-likeness (QED) is 0.337. The van der Waals surface area contributed by atoms with E-state index in [0.717, 1.165) is 16.9 Å². The number of hydrogen-bond acceptors (Lipinski definition) is 9. The summed E-state index contributed by atoms with van der Waals surface area (Å²) < 4.78 is 76.2. The molecule has 222 valence electrons. The van der Waals surface area contributed by atoms with Crippen LogP contribution in [-0.2, 0) is 25.6 Å². The number of piperidine rings is 1. The largest absolute Gasteiger partial charge is 0.351 e. The summed E-state index contributed by atoms with van der Waals surface area (Å²) in [5, 5.41) is 5.97. The first-order valence-corrected chi connectivity index (χ1v) is 16.5. The van der Waals surface area contributed by atoms with Crippen LogP contribution in [-0.4, -0.2) is 73.0 Å². The molecule has 1 aliphatic rings. The van der Waals surface area contributed by atoms with E-state index in [4.69, 9.17) is 10.7 Å². The van der Waals surface area contributed by atoms with Gasteiger partial charge < -0.3 is 10.6 Å². The summed E-state index contributed by atoms with van der Waals surface area (Å²) >= 11 is 0. The Balaban J connectivity index is 1.57. The van der Waals surface area contributed by atoms with Crippen molar-refractivity contribution >= 4 is 52.6 Å². The van der Waals surface area contributed by atoms with Gasteiger partial charge >= 0.3 is 0 Å². The molecule has 4 rings (SSSR count). The van der Waals surface area contributed by atoms with Gasteiger partial charge in [-0.25, -0.2) is 34.9 Å². The molecule has 1 amide bonds. The third-order valence-electron chi connectivity index (χ3n) is 6.58. The molecule has 1 saturated heterocycles. The van der Waals surface area contributed by atoms with Crippen LogP contribution in [0.25, 0.3) is 11.0 Å². The fourth-order valence-corrected chi connectivity index (χ4v) is 6.13. The van der Waals surface area contributed by atoms with Gasteiger partial charge in [0.1, 0.15) is 5.65 Å². The van der Waals surface area contributed by atoms with Gasteiger partial charge in [0.15, 0.2) is 0 Å². The van der Waals surface area contributed by atoms with E-state index in [1.807, 2.05) is 0 Å². The number of anilines is 1. The molecule has 0 spiro atoms. The Morgan fingerprint density at radius 2 is 1.78 bits per heavy atom. The summed E-state index contributed by atoms with van der Waals surface area (Å²) in [5.74, 6) is -0.449. The zero-order valence-electron chi connectivity index (χ0n) is 21.9. The van der Waals surface area contributed by atoms with Crippen molar-refractivity contribution in [3.8, 4) is 0 Å². The highest BCUT2D eigenvalue weighted by Crippen LogP contribution is 2.22. The Morgan fingerprint density at radius 3 is 2.34 bits per heavy atom. The second-order valence-electron chi connectivity index (χ2n) is 9.71. The number of amides is 1. The molecule has 0 aliphatic carbocycles. The molecule has 0 bridgehead atoms. The van der Waals surface area contributed by atoms with Crippen LogP contribution in [0.2, 0.25) is 0 Å². The maximum atomic E-state index is 13.7. The minimum atomic E-state index is -3.97. The van der Waals surface area contributed by atoms with Gasteiger partial charge in [0.2, 0.25) is 16.0 Å². The Bertz CT molecular complexity index is 1730. The molecular formula is C24H27ClF2N6O6S2. The summed E-state index contributed by atoms with van der Waals surface area (Å²) in [6.45, 7) is 1.99. The minimum absolute atomic E-state index is 0.0724. The Hall–Kier alpha value is -3.21. The zero-order chi connectivity index (χ0) is 30.1. The van der Waals surface area contributed by atoms with E-state index in [9.17, 15) is 35.2 Å². The third kappa shape index (κ3) is 7.36. The number of alkyl halides is 2. The first kappa shape index (κ1) is 30.7. The number of benzene rings is 1. The van der Waals surface area contributed by atoms with Crippen molar-refractivity contribution in [2.24, 2.45) is 0 Å². The van der Waals surface area contributed by atoms with Crippen molar-refractivity contribution < 1.29 is 30.4 Å². The molecule has 41 heavy (non-hydrogen) atoms. The lowest BCUT2D eigenvalue weighted by molar-refractivity contribution is 0.0936. The number of pyridine rings is 1. The van der Waals surface area contributed by atoms with Crippen molar-refractivity contribution in [3.05, 3.63) is 58.0 Å². The molecule has 1 atom stereocenters. The highest BCUT2D eigenvalue weighted by atomic mass is 35.7. The van der Waals surface area contributed by atoms with Gasteiger partial charge in [0.25, 0.3) is 26.9 Å². The summed E-state index contributed by atoms with van der Waals surface area (Å²) in [4.78, 5) is 34.2. The van der Waals surface area contributed by atoms with E-state index in [2.05, 4.69) is 20.6 Å². The maximum absolute atomic E-state index is 13.7. The van der Waals surface area contributed by atoms with Crippen molar-refractivity contribution in [3.63, 3.8) is 0 Å². The monoisotopic (exact) mass is 632 g/mol. The number of rotatable bonds is 9. The van der Waals surface area contributed by atoms with Crippen molar-refractivity contribution in [1.82, 2.24) is 24.2 Å². The Morgan fingerprint density at radius 1 is 1.15 bits per heavy atom. The van der Waals surface area contributed by atoms with Gasteiger partial charge in [-0.3, -0.25) is 14.2 Å². The Kier molecular flexibility index (Phi) is 8.96. The first-order chi connectivity index (χ1) is 19.1. The molecule has 2 N–H and O–H groups in total. The molecule has 2 aromatic heterocycles. The van der Waals surface area contributed by atoms with Crippen LogP contribution >= 0.6 is 10.7 Å².